The van der Waals surface area contributed by atoms with Crippen LogP contribution in [0.2, 0.25) is 0 Å². The minimum atomic E-state index is -0.159. The molecule has 0 radical (unpaired) electrons. The lowest BCUT2D eigenvalue weighted by Gasteiger charge is -2.08. The number of imidazole rings is 1. The third-order valence-corrected chi connectivity index (χ3v) is 5.53. The first kappa shape index (κ1) is 16.8. The van der Waals surface area contributed by atoms with Crippen molar-refractivity contribution < 1.29 is 4.74 Å². The molecular weight excluding hydrogens is 370 g/mol. The Morgan fingerprint density at radius 1 is 1.27 bits per heavy atom. The van der Waals surface area contributed by atoms with Crippen molar-refractivity contribution in [3.05, 3.63) is 63.8 Å². The second-order valence-corrected chi connectivity index (χ2v) is 7.57. The fraction of sp³-hybridized carbons (Fsp3) is 0.176. The van der Waals surface area contributed by atoms with E-state index in [2.05, 4.69) is 15.1 Å². The summed E-state index contributed by atoms with van der Waals surface area (Å²) in [5, 5.41) is 5.80. The average Bonchev–Trinajstić information content (AvgIpc) is 3.26. The highest BCUT2D eigenvalue weighted by Gasteiger charge is 2.10. The van der Waals surface area contributed by atoms with E-state index in [-0.39, 0.29) is 5.56 Å². The van der Waals surface area contributed by atoms with Crippen LogP contribution in [-0.2, 0) is 5.75 Å². The van der Waals surface area contributed by atoms with Gasteiger partial charge < -0.3 is 4.74 Å². The molecule has 0 aliphatic carbocycles. The molecule has 0 bridgehead atoms. The largest absolute Gasteiger partial charge is 0.497 e. The maximum absolute atomic E-state index is 12.1. The van der Waals surface area contributed by atoms with E-state index in [0.29, 0.717) is 16.4 Å². The molecule has 0 saturated heterocycles. The van der Waals surface area contributed by atoms with E-state index < -0.39 is 0 Å². The molecule has 3 aromatic heterocycles. The number of rotatable bonds is 5. The van der Waals surface area contributed by atoms with Gasteiger partial charge in [-0.25, -0.2) is 9.97 Å². The normalized spacial score (nSPS) is 11.2. The highest BCUT2D eigenvalue weighted by atomic mass is 32.2. The van der Waals surface area contributed by atoms with Crippen LogP contribution < -0.4 is 10.3 Å². The van der Waals surface area contributed by atoms with Gasteiger partial charge in [0.25, 0.3) is 5.56 Å². The van der Waals surface area contributed by atoms with Crippen LogP contribution in [0.3, 0.4) is 0 Å². The van der Waals surface area contributed by atoms with Crippen LogP contribution >= 0.6 is 23.1 Å². The zero-order valence-electron chi connectivity index (χ0n) is 14.1. The van der Waals surface area contributed by atoms with Crippen LogP contribution in [-0.4, -0.2) is 31.3 Å². The number of thioether (sulfide) groups is 1. The number of nitrogens with zero attached hydrogens (tertiary/aromatic N) is 5. The van der Waals surface area contributed by atoms with Crippen molar-refractivity contribution in [3.63, 3.8) is 0 Å². The molecule has 0 aliphatic heterocycles. The van der Waals surface area contributed by atoms with Gasteiger partial charge in [0, 0.05) is 29.9 Å². The zero-order valence-corrected chi connectivity index (χ0v) is 15.8. The molecule has 0 spiro atoms. The molecule has 1 aromatic carbocycles. The number of fused-ring (bicyclic) bond motifs is 1. The summed E-state index contributed by atoms with van der Waals surface area (Å²) >= 11 is 2.94. The molecule has 0 N–H and O–H groups in total. The molecule has 0 amide bonds. The summed E-state index contributed by atoms with van der Waals surface area (Å²) in [5.41, 5.74) is 1.55. The average molecular weight is 385 g/mol. The number of ether oxygens (including phenoxy) is 1. The Bertz CT molecular complexity index is 1110. The van der Waals surface area contributed by atoms with Gasteiger partial charge in [0.15, 0.2) is 5.16 Å². The molecule has 3 heterocycles. The number of methoxy groups -OCH3 is 1. The van der Waals surface area contributed by atoms with Crippen LogP contribution in [0.1, 0.15) is 10.7 Å². The molecule has 26 heavy (non-hydrogen) atoms. The molecule has 0 aliphatic rings. The molecule has 9 heteroatoms. The van der Waals surface area contributed by atoms with E-state index in [1.807, 2.05) is 42.0 Å². The third kappa shape index (κ3) is 3.23. The van der Waals surface area contributed by atoms with Crippen molar-refractivity contribution in [2.75, 3.05) is 7.11 Å². The van der Waals surface area contributed by atoms with Crippen molar-refractivity contribution in [1.29, 1.82) is 0 Å². The molecule has 4 aromatic rings. The van der Waals surface area contributed by atoms with Gasteiger partial charge in [0.2, 0.25) is 4.96 Å². The van der Waals surface area contributed by atoms with Crippen molar-refractivity contribution in [2.24, 2.45) is 0 Å². The van der Waals surface area contributed by atoms with E-state index in [0.717, 1.165) is 21.6 Å². The maximum atomic E-state index is 12.1. The molecule has 4 rings (SSSR count). The van der Waals surface area contributed by atoms with Gasteiger partial charge in [-0.1, -0.05) is 23.1 Å². The predicted molar refractivity (Wildman–Crippen MR) is 102 cm³/mol. The maximum Gasteiger partial charge on any atom is 0.275 e. The Balaban J connectivity index is 1.57. The van der Waals surface area contributed by atoms with Gasteiger partial charge in [-0.05, 0) is 31.2 Å². The van der Waals surface area contributed by atoms with Crippen LogP contribution in [0.25, 0.3) is 10.6 Å². The van der Waals surface area contributed by atoms with Gasteiger partial charge in [-0.2, -0.15) is 9.61 Å². The Morgan fingerprint density at radius 3 is 2.85 bits per heavy atom. The summed E-state index contributed by atoms with van der Waals surface area (Å²) in [6.45, 7) is 1.86. The zero-order chi connectivity index (χ0) is 18.1. The van der Waals surface area contributed by atoms with Crippen molar-refractivity contribution in [2.45, 2.75) is 17.8 Å². The van der Waals surface area contributed by atoms with Crippen LogP contribution in [0.5, 0.6) is 5.75 Å². The monoisotopic (exact) mass is 385 g/mol. The van der Waals surface area contributed by atoms with Crippen LogP contribution in [0.4, 0.5) is 0 Å². The first-order chi connectivity index (χ1) is 12.6. The second-order valence-electron chi connectivity index (χ2n) is 5.47. The number of aromatic nitrogens is 5. The van der Waals surface area contributed by atoms with E-state index in [4.69, 9.17) is 4.74 Å². The van der Waals surface area contributed by atoms with E-state index >= 15 is 0 Å². The highest BCUT2D eigenvalue weighted by Crippen LogP contribution is 2.24. The van der Waals surface area contributed by atoms with Crippen molar-refractivity contribution in [1.82, 2.24) is 24.1 Å². The first-order valence-electron chi connectivity index (χ1n) is 7.81. The molecule has 132 valence electrons. The van der Waals surface area contributed by atoms with Gasteiger partial charge in [0.1, 0.15) is 10.8 Å². The van der Waals surface area contributed by atoms with Crippen molar-refractivity contribution in [3.8, 4) is 11.4 Å². The first-order valence-corrected chi connectivity index (χ1v) is 9.61. The second kappa shape index (κ2) is 6.93. The topological polar surface area (TPSA) is 74.3 Å². The SMILES string of the molecule is COc1ccc(-n2ccnc2SCc2cc(=O)n3nc(C)sc3n2)cc1. The molecule has 0 atom stereocenters. The van der Waals surface area contributed by atoms with Gasteiger partial charge in [0.05, 0.1) is 12.8 Å². The number of hydrogen-bond acceptors (Lipinski definition) is 7. The van der Waals surface area contributed by atoms with Gasteiger partial charge in [-0.15, -0.1) is 0 Å². The van der Waals surface area contributed by atoms with E-state index in [1.165, 1.54) is 33.7 Å². The fourth-order valence-electron chi connectivity index (χ4n) is 2.50. The quantitative estimate of drug-likeness (QED) is 0.492. The third-order valence-electron chi connectivity index (χ3n) is 3.71. The molecule has 0 fully saturated rings. The van der Waals surface area contributed by atoms with Gasteiger partial charge in [-0.3, -0.25) is 9.36 Å². The number of benzene rings is 1. The number of aryl methyl sites for hydroxylation is 1. The highest BCUT2D eigenvalue weighted by molar-refractivity contribution is 7.98. The van der Waals surface area contributed by atoms with E-state index in [1.54, 1.807) is 13.3 Å². The minimum absolute atomic E-state index is 0.159. The number of hydrogen-bond donors (Lipinski definition) is 0. The van der Waals surface area contributed by atoms with Crippen LogP contribution in [0, 0.1) is 6.92 Å². The summed E-state index contributed by atoms with van der Waals surface area (Å²) in [5.74, 6) is 1.36. The lowest BCUT2D eigenvalue weighted by molar-refractivity contribution is 0.414. The summed E-state index contributed by atoms with van der Waals surface area (Å²) in [6.07, 6.45) is 3.66. The van der Waals surface area contributed by atoms with Crippen LogP contribution in [0.15, 0.2) is 52.7 Å². The summed E-state index contributed by atoms with van der Waals surface area (Å²) in [4.78, 5) is 21.7. The molecule has 0 saturated carbocycles. The Hall–Kier alpha value is -2.65. The van der Waals surface area contributed by atoms with Crippen molar-refractivity contribution >= 4 is 28.1 Å². The predicted octanol–water partition coefficient (Wildman–Crippen LogP) is 2.95. The van der Waals surface area contributed by atoms with E-state index in [9.17, 15) is 4.79 Å². The summed E-state index contributed by atoms with van der Waals surface area (Å²) < 4.78 is 8.53. The fourth-order valence-corrected chi connectivity index (χ4v) is 4.13. The smallest absolute Gasteiger partial charge is 0.275 e. The Morgan fingerprint density at radius 2 is 2.08 bits per heavy atom. The molecular formula is C17H15N5O2S2. The molecule has 0 unspecified atom stereocenters. The summed E-state index contributed by atoms with van der Waals surface area (Å²) in [7, 11) is 1.64. The lowest BCUT2D eigenvalue weighted by Crippen LogP contribution is -2.15. The Kier molecular flexibility index (Phi) is 4.48. The molecule has 7 nitrogen and oxygen atoms in total. The Labute approximate surface area is 157 Å². The summed E-state index contributed by atoms with van der Waals surface area (Å²) in [6, 6.07) is 9.29. The van der Waals surface area contributed by atoms with Gasteiger partial charge >= 0.3 is 0 Å². The standard InChI is InChI=1S/C17H15N5O2S2/c1-11-20-22-15(23)9-12(19-17(22)26-11)10-25-16-18-7-8-21(16)13-3-5-14(24-2)6-4-13/h3-9H,10H2,1-2H3. The lowest BCUT2D eigenvalue weighted by atomic mass is 10.3. The minimum Gasteiger partial charge on any atom is -0.497 e.